The van der Waals surface area contributed by atoms with E-state index < -0.39 is 11.7 Å². The third-order valence-corrected chi connectivity index (χ3v) is 5.11. The van der Waals surface area contributed by atoms with Crippen LogP contribution in [0.5, 0.6) is 0 Å². The van der Waals surface area contributed by atoms with Crippen molar-refractivity contribution >= 4 is 21.8 Å². The lowest BCUT2D eigenvalue weighted by Gasteiger charge is -2.11. The lowest BCUT2D eigenvalue weighted by atomic mass is 10.0. The Morgan fingerprint density at radius 1 is 1.00 bits per heavy atom. The van der Waals surface area contributed by atoms with Crippen molar-refractivity contribution in [3.63, 3.8) is 0 Å². The Morgan fingerprint density at radius 2 is 1.79 bits per heavy atom. The zero-order valence-electron chi connectivity index (χ0n) is 16.0. The molecule has 0 saturated carbocycles. The molecule has 1 aromatic heterocycles. The molecule has 0 aliphatic heterocycles. The van der Waals surface area contributed by atoms with Gasteiger partial charge >= 0.3 is 6.18 Å². The van der Waals surface area contributed by atoms with Crippen LogP contribution in [-0.2, 0) is 23.9 Å². The minimum atomic E-state index is -4.39. The van der Waals surface area contributed by atoms with E-state index in [9.17, 15) is 13.2 Å². The summed E-state index contributed by atoms with van der Waals surface area (Å²) < 4.78 is 46.6. The van der Waals surface area contributed by atoms with Gasteiger partial charge in [0.25, 0.3) is 0 Å². The number of methoxy groups -OCH3 is 1. The number of nitrogens with zero attached hydrogens (tertiary/aromatic N) is 2. The van der Waals surface area contributed by atoms with Gasteiger partial charge in [0.05, 0.1) is 16.6 Å². The molecule has 29 heavy (non-hydrogen) atoms. The summed E-state index contributed by atoms with van der Waals surface area (Å²) in [5, 5.41) is 2.26. The standard InChI is InChI=1S/C23H21F3N2O/c1-29-13-5-12-28-21-11-10-18(23(24,25)26)15-20(21)27-22(28)14-17-8-4-7-16-6-2-3-9-19(16)17/h2-4,6-11,15H,5,12-14H2,1H3. The lowest BCUT2D eigenvalue weighted by molar-refractivity contribution is -0.137. The van der Waals surface area contributed by atoms with E-state index in [1.807, 2.05) is 28.8 Å². The average Bonchev–Trinajstić information content (AvgIpc) is 3.04. The molecule has 4 aromatic rings. The van der Waals surface area contributed by atoms with Crippen LogP contribution in [0.3, 0.4) is 0 Å². The van der Waals surface area contributed by atoms with Gasteiger partial charge in [0.1, 0.15) is 5.82 Å². The first-order valence-corrected chi connectivity index (χ1v) is 9.49. The Labute approximate surface area is 166 Å². The average molecular weight is 398 g/mol. The van der Waals surface area contributed by atoms with E-state index in [1.54, 1.807) is 7.11 Å². The van der Waals surface area contributed by atoms with E-state index >= 15 is 0 Å². The molecule has 0 unspecified atom stereocenters. The van der Waals surface area contributed by atoms with Gasteiger partial charge in [0.2, 0.25) is 0 Å². The van der Waals surface area contributed by atoms with Gasteiger partial charge in [-0.1, -0.05) is 42.5 Å². The Morgan fingerprint density at radius 3 is 2.59 bits per heavy atom. The number of rotatable bonds is 6. The minimum Gasteiger partial charge on any atom is -0.385 e. The molecular weight excluding hydrogens is 377 g/mol. The van der Waals surface area contributed by atoms with E-state index in [4.69, 9.17) is 4.74 Å². The van der Waals surface area contributed by atoms with Crippen LogP contribution >= 0.6 is 0 Å². The highest BCUT2D eigenvalue weighted by molar-refractivity contribution is 5.86. The Hall–Kier alpha value is -2.86. The molecule has 3 nitrogen and oxygen atoms in total. The second-order valence-electron chi connectivity index (χ2n) is 7.04. The third-order valence-electron chi connectivity index (χ3n) is 5.11. The van der Waals surface area contributed by atoms with Crippen molar-refractivity contribution in [1.29, 1.82) is 0 Å². The SMILES string of the molecule is COCCCn1c(Cc2cccc3ccccc23)nc2cc(C(F)(F)F)ccc21. The van der Waals surface area contributed by atoms with Crippen LogP contribution in [0, 0.1) is 0 Å². The maximum absolute atomic E-state index is 13.1. The summed E-state index contributed by atoms with van der Waals surface area (Å²) in [6, 6.07) is 18.0. The molecule has 0 spiro atoms. The fourth-order valence-electron chi connectivity index (χ4n) is 3.72. The molecule has 0 N–H and O–H groups in total. The van der Waals surface area contributed by atoms with Crippen LogP contribution in [0.1, 0.15) is 23.4 Å². The van der Waals surface area contributed by atoms with Crippen molar-refractivity contribution in [2.45, 2.75) is 25.6 Å². The number of ether oxygens (including phenoxy) is 1. The third kappa shape index (κ3) is 3.98. The van der Waals surface area contributed by atoms with Gasteiger partial charge in [-0.05, 0) is 41.0 Å². The van der Waals surface area contributed by atoms with Gasteiger partial charge in [-0.25, -0.2) is 4.98 Å². The van der Waals surface area contributed by atoms with Crippen molar-refractivity contribution in [3.05, 3.63) is 77.6 Å². The van der Waals surface area contributed by atoms with Crippen LogP contribution in [-0.4, -0.2) is 23.3 Å². The van der Waals surface area contributed by atoms with E-state index in [1.165, 1.54) is 6.07 Å². The van der Waals surface area contributed by atoms with Crippen LogP contribution in [0.4, 0.5) is 13.2 Å². The molecule has 0 atom stereocenters. The van der Waals surface area contributed by atoms with Crippen molar-refractivity contribution in [2.75, 3.05) is 13.7 Å². The van der Waals surface area contributed by atoms with Gasteiger partial charge in [-0.3, -0.25) is 0 Å². The fourth-order valence-corrected chi connectivity index (χ4v) is 3.72. The molecule has 0 radical (unpaired) electrons. The quantitative estimate of drug-likeness (QED) is 0.382. The molecule has 1 heterocycles. The first-order chi connectivity index (χ1) is 14.0. The predicted octanol–water partition coefficient (Wildman–Crippen LogP) is 5.84. The summed E-state index contributed by atoms with van der Waals surface area (Å²) >= 11 is 0. The summed E-state index contributed by atoms with van der Waals surface area (Å²) in [4.78, 5) is 4.59. The minimum absolute atomic E-state index is 0.368. The van der Waals surface area contributed by atoms with Crippen LogP contribution in [0.2, 0.25) is 0 Å². The molecule has 0 bridgehead atoms. The van der Waals surface area contributed by atoms with Crippen molar-refractivity contribution < 1.29 is 17.9 Å². The monoisotopic (exact) mass is 398 g/mol. The molecule has 0 aliphatic carbocycles. The van der Waals surface area contributed by atoms with Crippen molar-refractivity contribution in [3.8, 4) is 0 Å². The summed E-state index contributed by atoms with van der Waals surface area (Å²) in [5.41, 5.74) is 1.50. The van der Waals surface area contributed by atoms with E-state index in [0.717, 1.165) is 40.7 Å². The summed E-state index contributed by atoms with van der Waals surface area (Å²) in [5.74, 6) is 0.756. The van der Waals surface area contributed by atoms with E-state index in [2.05, 4.69) is 23.2 Å². The molecule has 4 rings (SSSR count). The van der Waals surface area contributed by atoms with Crippen LogP contribution in [0.15, 0.2) is 60.7 Å². The first-order valence-electron chi connectivity index (χ1n) is 9.49. The Bertz CT molecular complexity index is 1140. The number of imidazole rings is 1. The number of halogens is 3. The summed E-state index contributed by atoms with van der Waals surface area (Å²) in [6.07, 6.45) is -3.08. The first kappa shape index (κ1) is 19.5. The number of hydrogen-bond donors (Lipinski definition) is 0. The molecular formula is C23H21F3N2O. The maximum Gasteiger partial charge on any atom is 0.416 e. The highest BCUT2D eigenvalue weighted by atomic mass is 19.4. The van der Waals surface area contributed by atoms with E-state index in [-0.39, 0.29) is 0 Å². The molecule has 150 valence electrons. The smallest absolute Gasteiger partial charge is 0.385 e. The maximum atomic E-state index is 13.1. The van der Waals surface area contributed by atoms with Gasteiger partial charge in [-0.2, -0.15) is 13.2 Å². The molecule has 0 fully saturated rings. The zero-order valence-corrected chi connectivity index (χ0v) is 16.0. The van der Waals surface area contributed by atoms with Crippen molar-refractivity contribution in [1.82, 2.24) is 9.55 Å². The number of fused-ring (bicyclic) bond motifs is 2. The number of alkyl halides is 3. The molecule has 6 heteroatoms. The molecule has 0 aliphatic rings. The number of aryl methyl sites for hydroxylation is 1. The Balaban J connectivity index is 1.79. The summed E-state index contributed by atoms with van der Waals surface area (Å²) in [7, 11) is 1.64. The number of aromatic nitrogens is 2. The van der Waals surface area contributed by atoms with Crippen LogP contribution < -0.4 is 0 Å². The van der Waals surface area contributed by atoms with E-state index in [0.29, 0.717) is 30.6 Å². The normalized spacial score (nSPS) is 12.1. The highest BCUT2D eigenvalue weighted by Crippen LogP contribution is 2.32. The van der Waals surface area contributed by atoms with Crippen LogP contribution in [0.25, 0.3) is 21.8 Å². The predicted molar refractivity (Wildman–Crippen MR) is 108 cm³/mol. The van der Waals surface area contributed by atoms with Gasteiger partial charge in [0, 0.05) is 26.7 Å². The van der Waals surface area contributed by atoms with Gasteiger partial charge < -0.3 is 9.30 Å². The van der Waals surface area contributed by atoms with Gasteiger partial charge in [-0.15, -0.1) is 0 Å². The van der Waals surface area contributed by atoms with Gasteiger partial charge in [0.15, 0.2) is 0 Å². The Kier molecular flexibility index (Phi) is 5.28. The molecule has 0 saturated heterocycles. The largest absolute Gasteiger partial charge is 0.416 e. The number of benzene rings is 3. The molecule has 3 aromatic carbocycles. The zero-order chi connectivity index (χ0) is 20.4. The lowest BCUT2D eigenvalue weighted by Crippen LogP contribution is -2.07. The summed E-state index contributed by atoms with van der Waals surface area (Å²) in [6.45, 7) is 1.21. The highest BCUT2D eigenvalue weighted by Gasteiger charge is 2.31. The fraction of sp³-hybridized carbons (Fsp3) is 0.261. The second kappa shape index (κ2) is 7.87. The topological polar surface area (TPSA) is 27.1 Å². The second-order valence-corrected chi connectivity index (χ2v) is 7.04. The molecule has 0 amide bonds. The van der Waals surface area contributed by atoms with Crippen molar-refractivity contribution in [2.24, 2.45) is 0 Å². The number of hydrogen-bond acceptors (Lipinski definition) is 2.